The fourth-order valence-electron chi connectivity index (χ4n) is 2.09. The number of carbonyl (C=O) groups is 2. The molecule has 1 N–H and O–H groups in total. The quantitative estimate of drug-likeness (QED) is 0.681. The van der Waals surface area contributed by atoms with E-state index in [1.54, 1.807) is 0 Å². The predicted molar refractivity (Wildman–Crippen MR) is 48.4 cm³/mol. The lowest BCUT2D eigenvalue weighted by Gasteiger charge is -2.25. The second kappa shape index (κ2) is 4.40. The average molecular weight is 184 g/mol. The van der Waals surface area contributed by atoms with Crippen LogP contribution in [0.2, 0.25) is 0 Å². The van der Waals surface area contributed by atoms with Crippen molar-refractivity contribution in [3.63, 3.8) is 0 Å². The van der Waals surface area contributed by atoms with Crippen molar-refractivity contribution in [3.8, 4) is 0 Å². The van der Waals surface area contributed by atoms with Gasteiger partial charge in [-0.25, -0.2) is 4.79 Å². The van der Waals surface area contributed by atoms with Gasteiger partial charge in [-0.1, -0.05) is 19.8 Å². The predicted octanol–water partition coefficient (Wildman–Crippen LogP) is 1.86. The molecule has 1 fully saturated rings. The number of ketones is 1. The highest BCUT2D eigenvalue weighted by Crippen LogP contribution is 2.30. The van der Waals surface area contributed by atoms with E-state index in [0.29, 0.717) is 11.8 Å². The van der Waals surface area contributed by atoms with E-state index in [1.807, 2.05) is 0 Å². The first-order chi connectivity index (χ1) is 6.09. The number of aliphatic carboxylic acids is 1. The highest BCUT2D eigenvalue weighted by atomic mass is 16.4. The van der Waals surface area contributed by atoms with Gasteiger partial charge in [0.05, 0.1) is 0 Å². The van der Waals surface area contributed by atoms with Gasteiger partial charge in [-0.2, -0.15) is 0 Å². The molecule has 0 aromatic heterocycles. The molecule has 0 heterocycles. The summed E-state index contributed by atoms with van der Waals surface area (Å²) in [6.07, 6.45) is 4.62. The number of hydrogen-bond acceptors (Lipinski definition) is 2. The van der Waals surface area contributed by atoms with Crippen LogP contribution >= 0.6 is 0 Å². The highest BCUT2D eigenvalue weighted by Gasteiger charge is 2.23. The molecule has 1 aliphatic carbocycles. The van der Waals surface area contributed by atoms with E-state index in [1.165, 1.54) is 6.42 Å². The van der Waals surface area contributed by atoms with Gasteiger partial charge in [0.25, 0.3) is 0 Å². The van der Waals surface area contributed by atoms with Gasteiger partial charge in [-0.15, -0.1) is 0 Å². The fourth-order valence-corrected chi connectivity index (χ4v) is 2.09. The van der Waals surface area contributed by atoms with E-state index in [-0.39, 0.29) is 6.42 Å². The molecule has 0 saturated heterocycles. The van der Waals surface area contributed by atoms with Gasteiger partial charge in [0.2, 0.25) is 5.78 Å². The maximum atomic E-state index is 10.9. The van der Waals surface area contributed by atoms with Gasteiger partial charge in [-0.3, -0.25) is 4.79 Å². The van der Waals surface area contributed by atoms with Crippen molar-refractivity contribution in [1.82, 2.24) is 0 Å². The van der Waals surface area contributed by atoms with Crippen molar-refractivity contribution in [1.29, 1.82) is 0 Å². The molecule has 3 nitrogen and oxygen atoms in total. The van der Waals surface area contributed by atoms with Crippen molar-refractivity contribution >= 4 is 11.8 Å². The molecule has 3 heteroatoms. The van der Waals surface area contributed by atoms with Crippen molar-refractivity contribution in [2.75, 3.05) is 0 Å². The Morgan fingerprint density at radius 1 is 1.38 bits per heavy atom. The molecule has 13 heavy (non-hydrogen) atoms. The van der Waals surface area contributed by atoms with E-state index in [2.05, 4.69) is 6.92 Å². The Bertz CT molecular complexity index is 210. The number of hydrogen-bond donors (Lipinski definition) is 1. The highest BCUT2D eigenvalue weighted by molar-refractivity contribution is 6.32. The van der Waals surface area contributed by atoms with Gasteiger partial charge in [0, 0.05) is 6.42 Å². The summed E-state index contributed by atoms with van der Waals surface area (Å²) in [6, 6.07) is 0. The first-order valence-electron chi connectivity index (χ1n) is 4.85. The van der Waals surface area contributed by atoms with Crippen LogP contribution in [0.15, 0.2) is 0 Å². The van der Waals surface area contributed by atoms with Gasteiger partial charge >= 0.3 is 5.97 Å². The first kappa shape index (κ1) is 10.2. The zero-order valence-electron chi connectivity index (χ0n) is 7.95. The molecule has 0 spiro atoms. The second-order valence-corrected chi connectivity index (χ2v) is 4.07. The third-order valence-electron chi connectivity index (χ3n) is 2.76. The monoisotopic (exact) mass is 184 g/mol. The van der Waals surface area contributed by atoms with Crippen molar-refractivity contribution < 1.29 is 14.7 Å². The zero-order valence-corrected chi connectivity index (χ0v) is 7.95. The van der Waals surface area contributed by atoms with Crippen LogP contribution in [0.1, 0.15) is 39.0 Å². The molecule has 1 aliphatic rings. The van der Waals surface area contributed by atoms with Crippen LogP contribution in [0.4, 0.5) is 0 Å². The van der Waals surface area contributed by atoms with E-state index in [9.17, 15) is 9.59 Å². The maximum absolute atomic E-state index is 10.9. The summed E-state index contributed by atoms with van der Waals surface area (Å²) in [4.78, 5) is 21.2. The molecule has 2 unspecified atom stereocenters. The third-order valence-corrected chi connectivity index (χ3v) is 2.76. The van der Waals surface area contributed by atoms with Crippen LogP contribution in [-0.2, 0) is 9.59 Å². The Labute approximate surface area is 78.1 Å². The molecule has 0 aromatic rings. The lowest BCUT2D eigenvalue weighted by atomic mass is 9.80. The number of Topliss-reactive ketones (excluding diaryl/α,β-unsaturated/α-hetero) is 1. The molecular weight excluding hydrogens is 168 g/mol. The Kier molecular flexibility index (Phi) is 3.46. The van der Waals surface area contributed by atoms with Crippen molar-refractivity contribution in [2.24, 2.45) is 11.8 Å². The molecule has 0 bridgehead atoms. The van der Waals surface area contributed by atoms with Gasteiger partial charge < -0.3 is 5.11 Å². The van der Waals surface area contributed by atoms with Gasteiger partial charge in [-0.05, 0) is 24.7 Å². The Hall–Kier alpha value is -0.860. The van der Waals surface area contributed by atoms with E-state index in [4.69, 9.17) is 5.11 Å². The lowest BCUT2D eigenvalue weighted by molar-refractivity contribution is -0.149. The Morgan fingerprint density at radius 3 is 2.62 bits per heavy atom. The molecule has 0 amide bonds. The standard InChI is InChI=1S/C10H16O3/c1-7-3-2-4-8(5-7)6-9(11)10(12)13/h7-8H,2-6H2,1H3,(H,12,13). The fraction of sp³-hybridized carbons (Fsp3) is 0.800. The molecule has 0 aliphatic heterocycles. The topological polar surface area (TPSA) is 54.4 Å². The molecule has 1 saturated carbocycles. The summed E-state index contributed by atoms with van der Waals surface area (Å²) in [5, 5.41) is 8.43. The molecule has 0 aromatic carbocycles. The minimum absolute atomic E-state index is 0.236. The van der Waals surface area contributed by atoms with E-state index < -0.39 is 11.8 Å². The average Bonchev–Trinajstić information content (AvgIpc) is 2.04. The SMILES string of the molecule is CC1CCCC(CC(=O)C(=O)O)C1. The number of carboxylic acid groups (broad SMARTS) is 1. The van der Waals surface area contributed by atoms with E-state index in [0.717, 1.165) is 19.3 Å². The third kappa shape index (κ3) is 3.17. The molecule has 74 valence electrons. The van der Waals surface area contributed by atoms with Crippen molar-refractivity contribution in [2.45, 2.75) is 39.0 Å². The summed E-state index contributed by atoms with van der Waals surface area (Å²) in [7, 11) is 0. The van der Waals surface area contributed by atoms with Crippen LogP contribution in [-0.4, -0.2) is 16.9 Å². The largest absolute Gasteiger partial charge is 0.476 e. The maximum Gasteiger partial charge on any atom is 0.372 e. The van der Waals surface area contributed by atoms with Crippen LogP contribution < -0.4 is 0 Å². The van der Waals surface area contributed by atoms with Crippen LogP contribution in [0.3, 0.4) is 0 Å². The summed E-state index contributed by atoms with van der Waals surface area (Å²) < 4.78 is 0. The minimum atomic E-state index is -1.28. The van der Waals surface area contributed by atoms with E-state index >= 15 is 0 Å². The summed E-state index contributed by atoms with van der Waals surface area (Å²) >= 11 is 0. The smallest absolute Gasteiger partial charge is 0.372 e. The normalized spacial score (nSPS) is 28.4. The molecular formula is C10H16O3. The van der Waals surface area contributed by atoms with Crippen LogP contribution in [0.5, 0.6) is 0 Å². The number of carbonyl (C=O) groups excluding carboxylic acids is 1. The summed E-state index contributed by atoms with van der Waals surface area (Å²) in [5.41, 5.74) is 0. The molecule has 2 atom stereocenters. The summed E-state index contributed by atoms with van der Waals surface area (Å²) in [5.74, 6) is -0.940. The Balaban J connectivity index is 2.36. The molecule has 1 rings (SSSR count). The van der Waals surface area contributed by atoms with Gasteiger partial charge in [0.1, 0.15) is 0 Å². The second-order valence-electron chi connectivity index (χ2n) is 4.07. The summed E-state index contributed by atoms with van der Waals surface area (Å²) in [6.45, 7) is 2.16. The minimum Gasteiger partial charge on any atom is -0.476 e. The zero-order chi connectivity index (χ0) is 9.84. The van der Waals surface area contributed by atoms with Crippen LogP contribution in [0.25, 0.3) is 0 Å². The van der Waals surface area contributed by atoms with Crippen LogP contribution in [0, 0.1) is 11.8 Å². The molecule has 0 radical (unpaired) electrons. The van der Waals surface area contributed by atoms with Gasteiger partial charge in [0.15, 0.2) is 0 Å². The lowest BCUT2D eigenvalue weighted by Crippen LogP contribution is -2.21. The number of carboxylic acids is 1. The number of rotatable bonds is 3. The Morgan fingerprint density at radius 2 is 2.08 bits per heavy atom. The first-order valence-corrected chi connectivity index (χ1v) is 4.85. The van der Waals surface area contributed by atoms with Crippen molar-refractivity contribution in [3.05, 3.63) is 0 Å².